The third-order valence-corrected chi connectivity index (χ3v) is 10.3. The number of benzene rings is 2. The van der Waals surface area contributed by atoms with E-state index < -0.39 is 0 Å². The molecule has 0 radical (unpaired) electrons. The van der Waals surface area contributed by atoms with E-state index in [2.05, 4.69) is 49.7 Å². The molecule has 2 fully saturated rings. The molecule has 2 unspecified atom stereocenters. The number of fused-ring (bicyclic) bond motifs is 2. The molecule has 0 aliphatic carbocycles. The van der Waals surface area contributed by atoms with Gasteiger partial charge in [0, 0.05) is 86.3 Å². The normalized spacial score (nSPS) is 18.9. The van der Waals surface area contributed by atoms with Gasteiger partial charge in [0.2, 0.25) is 11.8 Å². The number of likely N-dealkylation sites (tertiary alicyclic amines) is 1. The number of pyridine rings is 2. The molecule has 0 spiro atoms. The van der Waals surface area contributed by atoms with Gasteiger partial charge in [-0.05, 0) is 54.2 Å². The number of methoxy groups -OCH3 is 1. The topological polar surface area (TPSA) is 129 Å². The predicted molar refractivity (Wildman–Crippen MR) is 193 cm³/mol. The summed E-state index contributed by atoms with van der Waals surface area (Å²) in [6, 6.07) is 16.7. The number of aliphatic hydroxyl groups is 1. The number of β-amino-alcohol motifs (C(OH)–C–C–N with tert-alkyl or cyclic N) is 1. The first-order valence-corrected chi connectivity index (χ1v) is 17.6. The number of aliphatic hydroxyl groups excluding tert-OH is 1. The number of amides is 1. The van der Waals surface area contributed by atoms with Crippen molar-refractivity contribution < 1.29 is 14.6 Å². The van der Waals surface area contributed by atoms with Crippen LogP contribution in [-0.4, -0.2) is 81.3 Å². The first kappa shape index (κ1) is 32.5. The lowest BCUT2D eigenvalue weighted by Gasteiger charge is -2.21. The standard InChI is InChI=1S/C38H39ClN8O3/c1-50-38-32(19-40-18-25-8-9-34(49)44-25)42-20-31(45-38)30-6-2-5-29(35(30)39)27-4-3-7-33-28(27)12-15-47(33)37-36-24(10-13-41-37)16-23(17-43-36)21-46-14-11-26(48)22-46/h2-7,10,13,16-17,20,25-26,40,48H,8-9,11-12,14-15,18-19,21-22H2,1H3,(H,44,49). The average Bonchev–Trinajstić information content (AvgIpc) is 3.87. The number of carbonyl (C=O) groups is 1. The number of aromatic nitrogens is 4. The lowest BCUT2D eigenvalue weighted by Crippen LogP contribution is -2.35. The Labute approximate surface area is 295 Å². The van der Waals surface area contributed by atoms with Crippen molar-refractivity contribution in [3.05, 3.63) is 89.0 Å². The number of halogens is 1. The predicted octanol–water partition coefficient (Wildman–Crippen LogP) is 5.04. The van der Waals surface area contributed by atoms with Crippen LogP contribution in [0.2, 0.25) is 5.02 Å². The van der Waals surface area contributed by atoms with Crippen molar-refractivity contribution in [2.24, 2.45) is 0 Å². The van der Waals surface area contributed by atoms with Gasteiger partial charge in [0.15, 0.2) is 5.82 Å². The number of rotatable bonds is 10. The zero-order valence-corrected chi connectivity index (χ0v) is 28.7. The molecule has 0 saturated carbocycles. The Kier molecular flexibility index (Phi) is 9.05. The maximum absolute atomic E-state index is 11.5. The summed E-state index contributed by atoms with van der Waals surface area (Å²) in [6.07, 6.45) is 8.34. The average molecular weight is 691 g/mol. The summed E-state index contributed by atoms with van der Waals surface area (Å²) in [5.74, 6) is 1.37. The Morgan fingerprint density at radius 1 is 1.02 bits per heavy atom. The summed E-state index contributed by atoms with van der Waals surface area (Å²) >= 11 is 7.19. The fourth-order valence-electron chi connectivity index (χ4n) is 7.44. The van der Waals surface area contributed by atoms with Crippen LogP contribution >= 0.6 is 11.6 Å². The van der Waals surface area contributed by atoms with Crippen molar-refractivity contribution in [1.82, 2.24) is 35.5 Å². The molecular formula is C38H39ClN8O3. The molecule has 1 amide bonds. The molecule has 8 rings (SSSR count). The fourth-order valence-corrected chi connectivity index (χ4v) is 7.76. The summed E-state index contributed by atoms with van der Waals surface area (Å²) in [7, 11) is 1.59. The van der Waals surface area contributed by atoms with Crippen LogP contribution in [0.5, 0.6) is 5.88 Å². The monoisotopic (exact) mass is 690 g/mol. The van der Waals surface area contributed by atoms with Crippen molar-refractivity contribution in [3.8, 4) is 28.3 Å². The molecule has 3 aliphatic heterocycles. The number of hydrogen-bond acceptors (Lipinski definition) is 10. The van der Waals surface area contributed by atoms with Crippen molar-refractivity contribution in [2.75, 3.05) is 38.2 Å². The Morgan fingerprint density at radius 3 is 2.70 bits per heavy atom. The number of nitrogens with zero attached hydrogens (tertiary/aromatic N) is 6. The molecule has 2 atom stereocenters. The van der Waals surface area contributed by atoms with Crippen LogP contribution in [-0.2, 0) is 24.3 Å². The summed E-state index contributed by atoms with van der Waals surface area (Å²) in [4.78, 5) is 35.2. The third kappa shape index (κ3) is 6.37. The molecule has 50 heavy (non-hydrogen) atoms. The molecule has 256 valence electrons. The summed E-state index contributed by atoms with van der Waals surface area (Å²) < 4.78 is 5.63. The largest absolute Gasteiger partial charge is 0.480 e. The highest BCUT2D eigenvalue weighted by Gasteiger charge is 2.28. The quantitative estimate of drug-likeness (QED) is 0.183. The van der Waals surface area contributed by atoms with Gasteiger partial charge in [0.05, 0.1) is 30.1 Å². The second-order valence-corrected chi connectivity index (χ2v) is 13.6. The van der Waals surface area contributed by atoms with Gasteiger partial charge in [-0.3, -0.25) is 19.7 Å². The van der Waals surface area contributed by atoms with Crippen LogP contribution in [0.4, 0.5) is 11.5 Å². The summed E-state index contributed by atoms with van der Waals surface area (Å²) in [5, 5.41) is 17.9. The van der Waals surface area contributed by atoms with Gasteiger partial charge in [-0.25, -0.2) is 9.97 Å². The maximum atomic E-state index is 11.5. The SMILES string of the molecule is COc1nc(-c2cccc(-c3cccc4c3CCN4c3nccc4cc(CN5CCC(O)C5)cnc34)c2Cl)cnc1CNCC1CCC(=O)N1. The summed E-state index contributed by atoms with van der Waals surface area (Å²) in [5.41, 5.74) is 8.38. The summed E-state index contributed by atoms with van der Waals surface area (Å²) in [6.45, 7) is 4.27. The van der Waals surface area contributed by atoms with Crippen molar-refractivity contribution in [1.29, 1.82) is 0 Å². The van der Waals surface area contributed by atoms with E-state index in [1.165, 1.54) is 5.56 Å². The van der Waals surface area contributed by atoms with Crippen LogP contribution < -0.4 is 20.3 Å². The smallest absolute Gasteiger partial charge is 0.237 e. The second-order valence-electron chi connectivity index (χ2n) is 13.2. The molecule has 2 aromatic carbocycles. The molecule has 12 heteroatoms. The van der Waals surface area contributed by atoms with Gasteiger partial charge in [-0.2, -0.15) is 0 Å². The van der Waals surface area contributed by atoms with E-state index in [4.69, 9.17) is 31.3 Å². The highest BCUT2D eigenvalue weighted by atomic mass is 35.5. The highest BCUT2D eigenvalue weighted by molar-refractivity contribution is 6.36. The molecule has 0 bridgehead atoms. The molecule has 3 N–H and O–H groups in total. The van der Waals surface area contributed by atoms with E-state index in [9.17, 15) is 9.90 Å². The van der Waals surface area contributed by atoms with Crippen molar-refractivity contribution in [3.63, 3.8) is 0 Å². The van der Waals surface area contributed by atoms with Crippen molar-refractivity contribution >= 4 is 39.9 Å². The van der Waals surface area contributed by atoms with Gasteiger partial charge in [0.1, 0.15) is 11.2 Å². The number of ether oxygens (including phenoxy) is 1. The maximum Gasteiger partial charge on any atom is 0.237 e. The number of anilines is 2. The van der Waals surface area contributed by atoms with Crippen LogP contribution in [0.25, 0.3) is 33.3 Å². The van der Waals surface area contributed by atoms with Crippen molar-refractivity contribution in [2.45, 2.75) is 50.9 Å². The number of nitrogens with one attached hydrogen (secondary N) is 2. The zero-order valence-electron chi connectivity index (χ0n) is 27.9. The Bertz CT molecular complexity index is 2080. The van der Waals surface area contributed by atoms with E-state index in [1.54, 1.807) is 13.3 Å². The van der Waals surface area contributed by atoms with Gasteiger partial charge < -0.3 is 25.4 Å². The Morgan fingerprint density at radius 2 is 1.88 bits per heavy atom. The van der Waals surface area contributed by atoms with Gasteiger partial charge >= 0.3 is 0 Å². The minimum absolute atomic E-state index is 0.0972. The molecule has 6 heterocycles. The number of hydrogen-bond donors (Lipinski definition) is 3. The fraction of sp³-hybridized carbons (Fsp3) is 0.342. The van der Waals surface area contributed by atoms with Gasteiger partial charge in [-0.1, -0.05) is 41.9 Å². The van der Waals surface area contributed by atoms with Crippen LogP contribution in [0.3, 0.4) is 0 Å². The Balaban J connectivity index is 1.05. The van der Waals surface area contributed by atoms with E-state index >= 15 is 0 Å². The van der Waals surface area contributed by atoms with E-state index in [0.29, 0.717) is 48.3 Å². The number of carbonyl (C=O) groups excluding carboxylic acids is 1. The first-order chi connectivity index (χ1) is 24.4. The van der Waals surface area contributed by atoms with E-state index in [0.717, 1.165) is 83.6 Å². The lowest BCUT2D eigenvalue weighted by atomic mass is 9.95. The molecule has 5 aromatic rings. The minimum atomic E-state index is -0.242. The molecule has 3 aromatic heterocycles. The third-order valence-electron chi connectivity index (χ3n) is 9.91. The van der Waals surface area contributed by atoms with E-state index in [1.807, 2.05) is 36.7 Å². The first-order valence-electron chi connectivity index (χ1n) is 17.2. The lowest BCUT2D eigenvalue weighted by molar-refractivity contribution is -0.119. The van der Waals surface area contributed by atoms with Crippen LogP contribution in [0, 0.1) is 0 Å². The minimum Gasteiger partial charge on any atom is -0.480 e. The Hall–Kier alpha value is -4.68. The zero-order chi connectivity index (χ0) is 34.2. The van der Waals surface area contributed by atoms with Gasteiger partial charge in [-0.15, -0.1) is 0 Å². The van der Waals surface area contributed by atoms with Crippen LogP contribution in [0.1, 0.15) is 36.1 Å². The van der Waals surface area contributed by atoms with Crippen LogP contribution in [0.15, 0.2) is 67.1 Å². The van der Waals surface area contributed by atoms with Gasteiger partial charge in [0.25, 0.3) is 0 Å². The van der Waals surface area contributed by atoms with E-state index in [-0.39, 0.29) is 18.1 Å². The molecule has 2 saturated heterocycles. The highest BCUT2D eigenvalue weighted by Crippen LogP contribution is 2.44. The molecule has 11 nitrogen and oxygen atoms in total. The molecule has 3 aliphatic rings. The molecular weight excluding hydrogens is 652 g/mol. The second kappa shape index (κ2) is 13.9.